The summed E-state index contributed by atoms with van der Waals surface area (Å²) in [5.41, 5.74) is 0. The maximum atomic E-state index is 11.6. The van der Waals surface area contributed by atoms with Gasteiger partial charge in [0.05, 0.1) is 13.0 Å². The molecule has 0 amide bonds. The first-order chi connectivity index (χ1) is 11.8. The fourth-order valence-corrected chi connectivity index (χ4v) is 3.22. The first kappa shape index (κ1) is 23.4. The predicted molar refractivity (Wildman–Crippen MR) is 102 cm³/mol. The molecule has 0 saturated heterocycles. The lowest BCUT2D eigenvalue weighted by Gasteiger charge is -2.11. The van der Waals surface area contributed by atoms with E-state index in [1.165, 1.54) is 90.6 Å². The number of carbonyl (C=O) groups excluding carboxylic acids is 1. The maximum absolute atomic E-state index is 11.6. The zero-order valence-electron chi connectivity index (χ0n) is 16.6. The molecule has 0 aliphatic carbocycles. The van der Waals surface area contributed by atoms with Gasteiger partial charge in [0.1, 0.15) is 0 Å². The van der Waals surface area contributed by atoms with Crippen LogP contribution in [-0.4, -0.2) is 13.1 Å². The fourth-order valence-electron chi connectivity index (χ4n) is 3.22. The van der Waals surface area contributed by atoms with Crippen molar-refractivity contribution < 1.29 is 14.6 Å². The Bertz CT molecular complexity index is 266. The highest BCUT2D eigenvalue weighted by Crippen LogP contribution is 2.17. The monoisotopic (exact) mass is 342 g/mol. The van der Waals surface area contributed by atoms with Crippen molar-refractivity contribution in [2.24, 2.45) is 5.92 Å². The zero-order chi connectivity index (χ0) is 17.9. The molecule has 1 unspecified atom stereocenters. The van der Waals surface area contributed by atoms with E-state index >= 15 is 0 Å². The Hall–Kier alpha value is -0.570. The Morgan fingerprint density at radius 3 is 1.50 bits per heavy atom. The van der Waals surface area contributed by atoms with Crippen LogP contribution in [0.25, 0.3) is 0 Å². The molecule has 24 heavy (non-hydrogen) atoms. The second kappa shape index (κ2) is 18.8. The number of carbonyl (C=O) groups is 1. The molecule has 0 aromatic carbocycles. The second-order valence-electron chi connectivity index (χ2n) is 7.06. The van der Waals surface area contributed by atoms with Gasteiger partial charge in [-0.1, -0.05) is 104 Å². The lowest BCUT2D eigenvalue weighted by atomic mass is 9.98. The van der Waals surface area contributed by atoms with Crippen molar-refractivity contribution in [3.8, 4) is 0 Å². The standard InChI is InChI=1S/C21H42O3/c1-4-6-7-8-9-10-11-12-13-14-15-16-17-18-19-20(5-2)21(22)24-23-3/h20H,4-19H2,1-3H3. The molecule has 0 aromatic heterocycles. The van der Waals surface area contributed by atoms with E-state index in [9.17, 15) is 4.79 Å². The average Bonchev–Trinajstić information content (AvgIpc) is 2.58. The molecular formula is C21H42O3. The Balaban J connectivity index is 3.26. The minimum atomic E-state index is -0.213. The summed E-state index contributed by atoms with van der Waals surface area (Å²) in [6, 6.07) is 0. The van der Waals surface area contributed by atoms with E-state index < -0.39 is 0 Å². The number of unbranched alkanes of at least 4 members (excludes halogenated alkanes) is 13. The quantitative estimate of drug-likeness (QED) is 0.153. The van der Waals surface area contributed by atoms with Gasteiger partial charge in [0.2, 0.25) is 0 Å². The van der Waals surface area contributed by atoms with Crippen LogP contribution in [0.4, 0.5) is 0 Å². The zero-order valence-corrected chi connectivity index (χ0v) is 16.6. The Labute approximate surface area is 150 Å². The Kier molecular flexibility index (Phi) is 18.3. The first-order valence-electron chi connectivity index (χ1n) is 10.5. The van der Waals surface area contributed by atoms with Crippen molar-refractivity contribution in [1.29, 1.82) is 0 Å². The molecule has 0 fully saturated rings. The highest BCUT2D eigenvalue weighted by Gasteiger charge is 2.18. The van der Waals surface area contributed by atoms with E-state index in [4.69, 9.17) is 0 Å². The normalized spacial score (nSPS) is 12.3. The molecule has 0 saturated carbocycles. The van der Waals surface area contributed by atoms with Crippen molar-refractivity contribution >= 4 is 5.97 Å². The van der Waals surface area contributed by atoms with Gasteiger partial charge in [0.25, 0.3) is 0 Å². The molecule has 0 N–H and O–H groups in total. The smallest absolute Gasteiger partial charge is 0.298 e. The molecule has 3 nitrogen and oxygen atoms in total. The highest BCUT2D eigenvalue weighted by atomic mass is 17.2. The average molecular weight is 343 g/mol. The highest BCUT2D eigenvalue weighted by molar-refractivity contribution is 5.71. The number of hydrogen-bond donors (Lipinski definition) is 0. The molecule has 0 bridgehead atoms. The first-order valence-corrected chi connectivity index (χ1v) is 10.5. The lowest BCUT2D eigenvalue weighted by molar-refractivity contribution is -0.259. The van der Waals surface area contributed by atoms with Gasteiger partial charge in [0.15, 0.2) is 0 Å². The van der Waals surface area contributed by atoms with Gasteiger partial charge < -0.3 is 0 Å². The maximum Gasteiger partial charge on any atom is 0.345 e. The van der Waals surface area contributed by atoms with Crippen molar-refractivity contribution in [3.63, 3.8) is 0 Å². The van der Waals surface area contributed by atoms with Crippen LogP contribution >= 0.6 is 0 Å². The van der Waals surface area contributed by atoms with Gasteiger partial charge in [-0.3, -0.25) is 4.89 Å². The molecule has 0 rings (SSSR count). The van der Waals surface area contributed by atoms with Gasteiger partial charge in [-0.25, -0.2) is 4.79 Å². The largest absolute Gasteiger partial charge is 0.345 e. The predicted octanol–water partition coefficient (Wildman–Crippen LogP) is 6.99. The van der Waals surface area contributed by atoms with Crippen molar-refractivity contribution in [2.75, 3.05) is 7.11 Å². The van der Waals surface area contributed by atoms with Crippen LogP contribution in [0.3, 0.4) is 0 Å². The molecule has 0 radical (unpaired) electrons. The third kappa shape index (κ3) is 15.0. The van der Waals surface area contributed by atoms with E-state index in [0.29, 0.717) is 0 Å². The summed E-state index contributed by atoms with van der Waals surface area (Å²) in [5, 5.41) is 0. The molecule has 0 heterocycles. The molecule has 0 aliphatic heterocycles. The van der Waals surface area contributed by atoms with Crippen LogP contribution in [0.15, 0.2) is 0 Å². The Morgan fingerprint density at radius 2 is 1.12 bits per heavy atom. The summed E-state index contributed by atoms with van der Waals surface area (Å²) in [7, 11) is 1.39. The van der Waals surface area contributed by atoms with Gasteiger partial charge in [-0.05, 0) is 12.8 Å². The van der Waals surface area contributed by atoms with Crippen molar-refractivity contribution in [1.82, 2.24) is 0 Å². The minimum Gasteiger partial charge on any atom is -0.298 e. The fraction of sp³-hybridized carbons (Fsp3) is 0.952. The Morgan fingerprint density at radius 1 is 0.708 bits per heavy atom. The van der Waals surface area contributed by atoms with Crippen molar-refractivity contribution in [3.05, 3.63) is 0 Å². The van der Waals surface area contributed by atoms with Crippen LogP contribution in [0.1, 0.15) is 117 Å². The number of hydrogen-bond acceptors (Lipinski definition) is 3. The summed E-state index contributed by atoms with van der Waals surface area (Å²) >= 11 is 0. The van der Waals surface area contributed by atoms with Gasteiger partial charge in [-0.15, -0.1) is 0 Å². The third-order valence-corrected chi connectivity index (χ3v) is 4.90. The third-order valence-electron chi connectivity index (χ3n) is 4.90. The van der Waals surface area contributed by atoms with E-state index in [1.54, 1.807) is 0 Å². The molecule has 0 aliphatic rings. The summed E-state index contributed by atoms with van der Waals surface area (Å²) in [4.78, 5) is 20.7. The molecule has 144 valence electrons. The van der Waals surface area contributed by atoms with Crippen LogP contribution in [0.5, 0.6) is 0 Å². The van der Waals surface area contributed by atoms with Crippen LogP contribution in [0, 0.1) is 5.92 Å². The topological polar surface area (TPSA) is 35.5 Å². The molecule has 0 spiro atoms. The SMILES string of the molecule is CCCCCCCCCCCCCCCCC(CC)C(=O)OOC. The minimum absolute atomic E-state index is 0.00211. The van der Waals surface area contributed by atoms with Gasteiger partial charge in [0, 0.05) is 0 Å². The summed E-state index contributed by atoms with van der Waals surface area (Å²) < 4.78 is 0. The van der Waals surface area contributed by atoms with Crippen LogP contribution in [-0.2, 0) is 14.6 Å². The van der Waals surface area contributed by atoms with Crippen LogP contribution in [0.2, 0.25) is 0 Å². The van der Waals surface area contributed by atoms with E-state index in [-0.39, 0.29) is 11.9 Å². The van der Waals surface area contributed by atoms with Gasteiger partial charge >= 0.3 is 5.97 Å². The van der Waals surface area contributed by atoms with Crippen LogP contribution < -0.4 is 0 Å². The molecule has 0 aromatic rings. The second-order valence-corrected chi connectivity index (χ2v) is 7.06. The van der Waals surface area contributed by atoms with E-state index in [2.05, 4.69) is 16.7 Å². The summed E-state index contributed by atoms with van der Waals surface area (Å²) in [6.45, 7) is 4.31. The number of rotatable bonds is 18. The molecule has 1 atom stereocenters. The van der Waals surface area contributed by atoms with Gasteiger partial charge in [-0.2, -0.15) is 4.89 Å². The summed E-state index contributed by atoms with van der Waals surface area (Å²) in [6.07, 6.45) is 20.8. The van der Waals surface area contributed by atoms with E-state index in [1.807, 2.05) is 6.92 Å². The lowest BCUT2D eigenvalue weighted by Crippen LogP contribution is -2.16. The molecular weight excluding hydrogens is 300 g/mol. The van der Waals surface area contributed by atoms with E-state index in [0.717, 1.165) is 19.3 Å². The van der Waals surface area contributed by atoms with Crippen molar-refractivity contribution in [2.45, 2.75) is 117 Å². The molecule has 3 heteroatoms. The summed E-state index contributed by atoms with van der Waals surface area (Å²) in [5.74, 6) is -0.211.